The summed E-state index contributed by atoms with van der Waals surface area (Å²) in [7, 11) is 1.59. The molecule has 0 N–H and O–H groups in total. The number of hydrogen-bond donors (Lipinski definition) is 0. The monoisotopic (exact) mass is 462 g/mol. The Labute approximate surface area is 199 Å². The lowest BCUT2D eigenvalue weighted by Crippen LogP contribution is -2.43. The largest absolute Gasteiger partial charge is 0.383 e. The topological polar surface area (TPSA) is 49.9 Å². The van der Waals surface area contributed by atoms with Crippen LogP contribution >= 0.6 is 11.3 Å². The van der Waals surface area contributed by atoms with E-state index in [4.69, 9.17) is 4.74 Å². The number of methoxy groups -OCH3 is 1. The van der Waals surface area contributed by atoms with Gasteiger partial charge in [0.25, 0.3) is 0 Å². The van der Waals surface area contributed by atoms with Gasteiger partial charge in [-0.1, -0.05) is 60.7 Å². The predicted octanol–water partition coefficient (Wildman–Crippen LogP) is 4.77. The van der Waals surface area contributed by atoms with Crippen LogP contribution in [0.2, 0.25) is 0 Å². The summed E-state index contributed by atoms with van der Waals surface area (Å²) >= 11 is 1.65. The Hall–Kier alpha value is -3.22. The third kappa shape index (κ3) is 7.70. The lowest BCUT2D eigenvalue weighted by Gasteiger charge is -2.27. The molecule has 0 unspecified atom stereocenters. The van der Waals surface area contributed by atoms with Gasteiger partial charge in [0, 0.05) is 31.2 Å². The van der Waals surface area contributed by atoms with Crippen molar-refractivity contribution in [3.8, 4) is 0 Å². The average molecular weight is 463 g/mol. The molecule has 5 nitrogen and oxygen atoms in total. The minimum Gasteiger partial charge on any atom is -0.383 e. The fraction of sp³-hybridized carbons (Fsp3) is 0.259. The van der Waals surface area contributed by atoms with Crippen molar-refractivity contribution in [1.29, 1.82) is 0 Å². The molecule has 2 aromatic carbocycles. The predicted molar refractivity (Wildman–Crippen MR) is 134 cm³/mol. The van der Waals surface area contributed by atoms with E-state index in [0.29, 0.717) is 26.2 Å². The highest BCUT2D eigenvalue weighted by Gasteiger charge is 2.21. The van der Waals surface area contributed by atoms with E-state index in [-0.39, 0.29) is 18.4 Å². The van der Waals surface area contributed by atoms with Crippen LogP contribution < -0.4 is 0 Å². The Balaban J connectivity index is 1.75. The number of hydrogen-bond acceptors (Lipinski definition) is 4. The number of amides is 2. The normalized spacial score (nSPS) is 11.0. The summed E-state index contributed by atoms with van der Waals surface area (Å²) in [5.41, 5.74) is 3.16. The SMILES string of the molecule is COCCN(CC(=O)N(Cc1ccccc1)Cc1sccc1C)C(=O)/C=C/c1ccccc1. The molecular formula is C27H30N2O3S. The van der Waals surface area contributed by atoms with E-state index in [0.717, 1.165) is 16.0 Å². The van der Waals surface area contributed by atoms with Crippen molar-refractivity contribution in [3.05, 3.63) is 99.8 Å². The zero-order valence-electron chi connectivity index (χ0n) is 19.1. The Morgan fingerprint density at radius 1 is 0.939 bits per heavy atom. The number of thiophene rings is 1. The molecule has 172 valence electrons. The number of carbonyl (C=O) groups is 2. The minimum atomic E-state index is -0.212. The highest BCUT2D eigenvalue weighted by Crippen LogP contribution is 2.19. The highest BCUT2D eigenvalue weighted by atomic mass is 32.1. The first-order valence-corrected chi connectivity index (χ1v) is 11.8. The Bertz CT molecular complexity index is 1050. The van der Waals surface area contributed by atoms with E-state index in [9.17, 15) is 9.59 Å². The first-order valence-electron chi connectivity index (χ1n) is 10.9. The van der Waals surface area contributed by atoms with Crippen molar-refractivity contribution in [1.82, 2.24) is 9.80 Å². The average Bonchev–Trinajstić information content (AvgIpc) is 3.25. The molecule has 0 radical (unpaired) electrons. The molecule has 0 bridgehead atoms. The number of rotatable bonds is 11. The summed E-state index contributed by atoms with van der Waals surface area (Å²) in [6, 6.07) is 21.6. The van der Waals surface area contributed by atoms with Crippen molar-refractivity contribution in [2.24, 2.45) is 0 Å². The van der Waals surface area contributed by atoms with E-state index >= 15 is 0 Å². The van der Waals surface area contributed by atoms with Crippen molar-refractivity contribution < 1.29 is 14.3 Å². The van der Waals surface area contributed by atoms with Gasteiger partial charge >= 0.3 is 0 Å². The maximum atomic E-state index is 13.4. The summed E-state index contributed by atoms with van der Waals surface area (Å²) < 4.78 is 5.18. The second-order valence-corrected chi connectivity index (χ2v) is 8.76. The molecule has 0 aliphatic heterocycles. The van der Waals surface area contributed by atoms with Gasteiger partial charge in [-0.3, -0.25) is 9.59 Å². The molecule has 6 heteroatoms. The molecule has 0 saturated heterocycles. The molecule has 1 heterocycles. The number of ether oxygens (including phenoxy) is 1. The Morgan fingerprint density at radius 2 is 1.64 bits per heavy atom. The van der Waals surface area contributed by atoms with Gasteiger partial charge in [-0.15, -0.1) is 11.3 Å². The van der Waals surface area contributed by atoms with E-state index < -0.39 is 0 Å². The third-order valence-electron chi connectivity index (χ3n) is 5.29. The van der Waals surface area contributed by atoms with Gasteiger partial charge in [-0.2, -0.15) is 0 Å². The van der Waals surface area contributed by atoms with Crippen molar-refractivity contribution in [2.75, 3.05) is 26.8 Å². The first-order chi connectivity index (χ1) is 16.1. The minimum absolute atomic E-state index is 0.00141. The van der Waals surface area contributed by atoms with Crippen LogP contribution in [-0.2, 0) is 27.4 Å². The lowest BCUT2D eigenvalue weighted by atomic mass is 10.2. The maximum absolute atomic E-state index is 13.4. The molecule has 1 aromatic heterocycles. The number of nitrogens with zero attached hydrogens (tertiary/aromatic N) is 2. The summed E-state index contributed by atoms with van der Waals surface area (Å²) in [6.07, 6.45) is 3.28. The van der Waals surface area contributed by atoms with E-state index in [2.05, 4.69) is 13.0 Å². The van der Waals surface area contributed by atoms with Crippen molar-refractivity contribution in [3.63, 3.8) is 0 Å². The Kier molecular flexibility index (Phi) is 9.42. The standard InChI is InChI=1S/C27H30N2O3S/c1-22-15-18-33-25(22)20-29(19-24-11-7-4-8-12-24)27(31)21-28(16-17-32-2)26(30)14-13-23-9-5-3-6-10-23/h3-15,18H,16-17,19-21H2,1-2H3/b14-13+. The zero-order chi connectivity index (χ0) is 23.5. The van der Waals surface area contributed by atoms with Crippen LogP contribution in [-0.4, -0.2) is 48.4 Å². The van der Waals surface area contributed by atoms with Crippen LogP contribution in [0.25, 0.3) is 6.08 Å². The molecule has 0 aliphatic rings. The molecule has 0 fully saturated rings. The van der Waals surface area contributed by atoms with Crippen LogP contribution in [0.5, 0.6) is 0 Å². The smallest absolute Gasteiger partial charge is 0.247 e. The molecule has 0 atom stereocenters. The lowest BCUT2D eigenvalue weighted by molar-refractivity contribution is -0.139. The van der Waals surface area contributed by atoms with Gasteiger partial charge in [0.1, 0.15) is 6.54 Å². The van der Waals surface area contributed by atoms with Gasteiger partial charge in [0.15, 0.2) is 0 Å². The fourth-order valence-electron chi connectivity index (χ4n) is 3.34. The molecule has 33 heavy (non-hydrogen) atoms. The Morgan fingerprint density at radius 3 is 2.27 bits per heavy atom. The molecule has 0 saturated carbocycles. The van der Waals surface area contributed by atoms with Crippen molar-refractivity contribution >= 4 is 29.2 Å². The van der Waals surface area contributed by atoms with E-state index in [1.54, 1.807) is 29.4 Å². The van der Waals surface area contributed by atoms with Crippen molar-refractivity contribution in [2.45, 2.75) is 20.0 Å². The van der Waals surface area contributed by atoms with Crippen LogP contribution in [0, 0.1) is 6.92 Å². The molecule has 3 aromatic rings. The van der Waals surface area contributed by atoms with Gasteiger partial charge < -0.3 is 14.5 Å². The van der Waals surface area contributed by atoms with E-state index in [1.165, 1.54) is 11.6 Å². The third-order valence-corrected chi connectivity index (χ3v) is 6.30. The van der Waals surface area contributed by atoms with Gasteiger partial charge in [0.2, 0.25) is 11.8 Å². The molecule has 0 spiro atoms. The summed E-state index contributed by atoms with van der Waals surface area (Å²) in [5, 5.41) is 2.04. The quantitative estimate of drug-likeness (QED) is 0.386. The van der Waals surface area contributed by atoms with E-state index in [1.807, 2.05) is 70.9 Å². The second kappa shape index (κ2) is 12.7. The molecule has 0 aliphatic carbocycles. The highest BCUT2D eigenvalue weighted by molar-refractivity contribution is 7.10. The first kappa shape index (κ1) is 24.4. The molecule has 3 rings (SSSR count). The van der Waals surface area contributed by atoms with Crippen LogP contribution in [0.15, 0.2) is 78.2 Å². The van der Waals surface area contributed by atoms with Crippen LogP contribution in [0.1, 0.15) is 21.6 Å². The molecular weight excluding hydrogens is 432 g/mol. The second-order valence-electron chi connectivity index (χ2n) is 7.76. The van der Waals surface area contributed by atoms with Crippen LogP contribution in [0.3, 0.4) is 0 Å². The van der Waals surface area contributed by atoms with Gasteiger partial charge in [0.05, 0.1) is 13.2 Å². The summed E-state index contributed by atoms with van der Waals surface area (Å²) in [4.78, 5) is 30.9. The molecule has 2 amide bonds. The number of aryl methyl sites for hydroxylation is 1. The summed E-state index contributed by atoms with van der Waals surface area (Å²) in [6.45, 7) is 3.77. The zero-order valence-corrected chi connectivity index (χ0v) is 20.0. The van der Waals surface area contributed by atoms with Gasteiger partial charge in [-0.05, 0) is 41.1 Å². The van der Waals surface area contributed by atoms with Gasteiger partial charge in [-0.25, -0.2) is 0 Å². The fourth-order valence-corrected chi connectivity index (χ4v) is 4.27. The number of carbonyl (C=O) groups excluding carboxylic acids is 2. The maximum Gasteiger partial charge on any atom is 0.247 e. The van der Waals surface area contributed by atoms with Crippen LogP contribution in [0.4, 0.5) is 0 Å². The number of benzene rings is 2. The summed E-state index contributed by atoms with van der Waals surface area (Å²) in [5.74, 6) is -0.305.